The van der Waals surface area contributed by atoms with Crippen LogP contribution in [-0.4, -0.2) is 17.3 Å². The minimum Gasteiger partial charge on any atom is -0.300 e. The molecule has 1 nitrogen and oxygen atoms in total. The highest BCUT2D eigenvalue weighted by Crippen LogP contribution is 2.12. The van der Waals surface area contributed by atoms with Crippen LogP contribution in [0.1, 0.15) is 27.7 Å². The summed E-state index contributed by atoms with van der Waals surface area (Å²) in [5.41, 5.74) is 0. The van der Waals surface area contributed by atoms with Crippen LogP contribution in [0, 0.1) is 11.8 Å². The maximum atomic E-state index is 10.8. The van der Waals surface area contributed by atoms with Crippen LogP contribution in [0.2, 0.25) is 0 Å². The molecule has 2 heteroatoms. The van der Waals surface area contributed by atoms with Crippen LogP contribution in [0.3, 0.4) is 0 Å². The van der Waals surface area contributed by atoms with Crippen LogP contribution in [0.25, 0.3) is 0 Å². The maximum Gasteiger partial charge on any atom is 0.133 e. The summed E-state index contributed by atoms with van der Waals surface area (Å²) in [7, 11) is 0. The van der Waals surface area contributed by atoms with Crippen LogP contribution in [-0.2, 0) is 4.79 Å². The zero-order chi connectivity index (χ0) is 8.85. The summed E-state index contributed by atoms with van der Waals surface area (Å²) >= 11 is 1.88. The van der Waals surface area contributed by atoms with Crippen molar-refractivity contribution in [2.24, 2.45) is 11.8 Å². The Bertz CT molecular complexity index is 121. The number of hydrogen-bond acceptors (Lipinski definition) is 2. The van der Waals surface area contributed by atoms with Gasteiger partial charge in [0.2, 0.25) is 0 Å². The molecular formula is C9H18OS. The van der Waals surface area contributed by atoms with Gasteiger partial charge in [-0.2, -0.15) is 11.8 Å². The Morgan fingerprint density at radius 2 is 1.82 bits per heavy atom. The summed E-state index contributed by atoms with van der Waals surface area (Å²) < 4.78 is 0. The van der Waals surface area contributed by atoms with Crippen molar-refractivity contribution in [3.8, 4) is 0 Å². The average molecular weight is 174 g/mol. The van der Waals surface area contributed by atoms with E-state index in [1.165, 1.54) is 0 Å². The molecule has 0 aliphatic rings. The lowest BCUT2D eigenvalue weighted by Gasteiger charge is -2.07. The van der Waals surface area contributed by atoms with E-state index in [0.29, 0.717) is 5.78 Å². The van der Waals surface area contributed by atoms with Crippen molar-refractivity contribution in [2.75, 3.05) is 11.5 Å². The van der Waals surface area contributed by atoms with Gasteiger partial charge < -0.3 is 0 Å². The molecule has 0 aromatic heterocycles. The zero-order valence-corrected chi connectivity index (χ0v) is 8.70. The van der Waals surface area contributed by atoms with Gasteiger partial charge in [0.25, 0.3) is 0 Å². The van der Waals surface area contributed by atoms with Crippen LogP contribution in [0.5, 0.6) is 0 Å². The number of carbonyl (C=O) groups excluding carboxylic acids is 1. The molecule has 0 aromatic carbocycles. The fraction of sp³-hybridized carbons (Fsp3) is 0.889. The Hall–Kier alpha value is 0.0200. The summed E-state index contributed by atoms with van der Waals surface area (Å²) in [5.74, 6) is 3.42. The number of ketones is 1. The van der Waals surface area contributed by atoms with Gasteiger partial charge in [-0.15, -0.1) is 0 Å². The first-order valence-electron chi connectivity index (χ1n) is 4.12. The van der Waals surface area contributed by atoms with E-state index in [1.807, 2.05) is 18.7 Å². The van der Waals surface area contributed by atoms with E-state index in [9.17, 15) is 4.79 Å². The summed E-state index contributed by atoms with van der Waals surface area (Å²) in [6, 6.07) is 0. The van der Waals surface area contributed by atoms with E-state index in [-0.39, 0.29) is 5.92 Å². The summed E-state index contributed by atoms with van der Waals surface area (Å²) in [4.78, 5) is 10.8. The summed E-state index contributed by atoms with van der Waals surface area (Å²) in [6.45, 7) is 8.06. The molecule has 0 heterocycles. The van der Waals surface area contributed by atoms with Gasteiger partial charge in [0, 0.05) is 11.7 Å². The number of hydrogen-bond donors (Lipinski definition) is 0. The molecule has 0 bridgehead atoms. The Kier molecular flexibility index (Phi) is 5.65. The second kappa shape index (κ2) is 5.64. The molecule has 0 amide bonds. The molecule has 0 fully saturated rings. The molecular weight excluding hydrogens is 156 g/mol. The van der Waals surface area contributed by atoms with Gasteiger partial charge in [0.1, 0.15) is 5.78 Å². The molecule has 66 valence electrons. The first-order chi connectivity index (χ1) is 5.04. The Morgan fingerprint density at radius 3 is 2.18 bits per heavy atom. The largest absolute Gasteiger partial charge is 0.300 e. The molecule has 11 heavy (non-hydrogen) atoms. The van der Waals surface area contributed by atoms with E-state index in [2.05, 4.69) is 13.8 Å². The zero-order valence-electron chi connectivity index (χ0n) is 7.89. The van der Waals surface area contributed by atoms with Crippen molar-refractivity contribution in [3.05, 3.63) is 0 Å². The third-order valence-corrected chi connectivity index (χ3v) is 3.15. The second-order valence-electron chi connectivity index (χ2n) is 3.44. The van der Waals surface area contributed by atoms with Crippen molar-refractivity contribution >= 4 is 17.5 Å². The fourth-order valence-corrected chi connectivity index (χ4v) is 1.79. The Morgan fingerprint density at radius 1 is 1.27 bits per heavy atom. The van der Waals surface area contributed by atoms with E-state index in [4.69, 9.17) is 0 Å². The lowest BCUT2D eigenvalue weighted by atomic mass is 10.1. The van der Waals surface area contributed by atoms with E-state index in [0.717, 1.165) is 17.4 Å². The monoisotopic (exact) mass is 174 g/mol. The molecule has 0 radical (unpaired) electrons. The van der Waals surface area contributed by atoms with E-state index < -0.39 is 0 Å². The average Bonchev–Trinajstić information content (AvgIpc) is 1.86. The van der Waals surface area contributed by atoms with Gasteiger partial charge in [-0.3, -0.25) is 4.79 Å². The topological polar surface area (TPSA) is 17.1 Å². The first-order valence-corrected chi connectivity index (χ1v) is 5.27. The summed E-state index contributed by atoms with van der Waals surface area (Å²) in [5, 5.41) is 0. The predicted molar refractivity (Wildman–Crippen MR) is 52.0 cm³/mol. The maximum absolute atomic E-state index is 10.8. The predicted octanol–water partition coefficient (Wildman–Crippen LogP) is 2.60. The first kappa shape index (κ1) is 11.0. The number of rotatable bonds is 5. The van der Waals surface area contributed by atoms with Crippen molar-refractivity contribution in [1.82, 2.24) is 0 Å². The second-order valence-corrected chi connectivity index (χ2v) is 4.52. The van der Waals surface area contributed by atoms with Crippen molar-refractivity contribution in [3.63, 3.8) is 0 Å². The fourth-order valence-electron chi connectivity index (χ4n) is 0.598. The lowest BCUT2D eigenvalue weighted by Crippen LogP contribution is -2.09. The van der Waals surface area contributed by atoms with Gasteiger partial charge in [-0.1, -0.05) is 20.8 Å². The third-order valence-electron chi connectivity index (χ3n) is 1.51. The highest BCUT2D eigenvalue weighted by Gasteiger charge is 2.06. The molecule has 0 aliphatic carbocycles. The van der Waals surface area contributed by atoms with E-state index in [1.54, 1.807) is 6.92 Å². The molecule has 0 aromatic rings. The Labute approximate surface area is 73.9 Å². The van der Waals surface area contributed by atoms with Gasteiger partial charge in [0.05, 0.1) is 0 Å². The van der Waals surface area contributed by atoms with Crippen molar-refractivity contribution in [1.29, 1.82) is 0 Å². The van der Waals surface area contributed by atoms with Crippen molar-refractivity contribution < 1.29 is 4.79 Å². The molecule has 1 atom stereocenters. The smallest absolute Gasteiger partial charge is 0.133 e. The van der Waals surface area contributed by atoms with Crippen LogP contribution in [0.4, 0.5) is 0 Å². The van der Waals surface area contributed by atoms with Gasteiger partial charge in [0.15, 0.2) is 0 Å². The quantitative estimate of drug-likeness (QED) is 0.637. The molecule has 0 saturated carbocycles. The Balaban J connectivity index is 3.31. The van der Waals surface area contributed by atoms with E-state index >= 15 is 0 Å². The van der Waals surface area contributed by atoms with Crippen LogP contribution in [0.15, 0.2) is 0 Å². The highest BCUT2D eigenvalue weighted by atomic mass is 32.2. The van der Waals surface area contributed by atoms with Crippen LogP contribution < -0.4 is 0 Å². The van der Waals surface area contributed by atoms with Crippen molar-refractivity contribution in [2.45, 2.75) is 27.7 Å². The third kappa shape index (κ3) is 6.42. The molecule has 0 aliphatic heterocycles. The van der Waals surface area contributed by atoms with Gasteiger partial charge in [-0.25, -0.2) is 0 Å². The van der Waals surface area contributed by atoms with Gasteiger partial charge in [-0.05, 0) is 18.6 Å². The normalized spacial score (nSPS) is 13.5. The molecule has 0 spiro atoms. The number of Topliss-reactive ketones (excluding diaryl/α,β-unsaturated/α-hetero) is 1. The SMILES string of the molecule is CC(=O)C(C)CSCC(C)C. The highest BCUT2D eigenvalue weighted by molar-refractivity contribution is 7.99. The minimum absolute atomic E-state index is 0.235. The lowest BCUT2D eigenvalue weighted by molar-refractivity contribution is -0.119. The van der Waals surface area contributed by atoms with Gasteiger partial charge >= 0.3 is 0 Å². The molecule has 0 N–H and O–H groups in total. The molecule has 0 rings (SSSR count). The van der Waals surface area contributed by atoms with Crippen LogP contribution >= 0.6 is 11.8 Å². The molecule has 1 unspecified atom stereocenters. The number of carbonyl (C=O) groups is 1. The minimum atomic E-state index is 0.235. The molecule has 0 saturated heterocycles. The standard InChI is InChI=1S/C9H18OS/c1-7(2)5-11-6-8(3)9(4)10/h7-8H,5-6H2,1-4H3. The number of thioether (sulfide) groups is 1. The summed E-state index contributed by atoms with van der Waals surface area (Å²) in [6.07, 6.45) is 0.